The number of fused-ring (bicyclic) bond motifs is 1. The van der Waals surface area contributed by atoms with E-state index in [0.29, 0.717) is 35.2 Å². The summed E-state index contributed by atoms with van der Waals surface area (Å²) in [6.07, 6.45) is 1.62. The SMILES string of the molecule is CCC(CC)Nc1nc(NCCC2=CN(C)CN2)nc2c1ncn2[C@@H]1O[C@H](c2cc(CO)no2)[C@@H](O)[C@H]1O. The molecule has 14 nitrogen and oxygen atoms in total. The van der Waals surface area contributed by atoms with Gasteiger partial charge < -0.3 is 45.4 Å². The Morgan fingerprint density at radius 1 is 1.21 bits per heavy atom. The number of imidazole rings is 1. The summed E-state index contributed by atoms with van der Waals surface area (Å²) in [6, 6.07) is 1.68. The minimum atomic E-state index is -1.29. The Hall–Kier alpha value is -3.46. The van der Waals surface area contributed by atoms with Crippen molar-refractivity contribution in [2.24, 2.45) is 0 Å². The molecular weight excluding hydrogens is 494 g/mol. The second-order valence-corrected chi connectivity index (χ2v) is 9.61. The van der Waals surface area contributed by atoms with Gasteiger partial charge in [-0.25, -0.2) is 4.98 Å². The zero-order valence-corrected chi connectivity index (χ0v) is 21.7. The third-order valence-electron chi connectivity index (χ3n) is 6.89. The van der Waals surface area contributed by atoms with Crippen molar-refractivity contribution in [1.82, 2.24) is 34.9 Å². The molecule has 1 saturated heterocycles. The molecule has 206 valence electrons. The number of ether oxygens (including phenoxy) is 1. The fourth-order valence-electron chi connectivity index (χ4n) is 4.68. The predicted octanol–water partition coefficient (Wildman–Crippen LogP) is 1.03. The Balaban J connectivity index is 1.44. The highest BCUT2D eigenvalue weighted by Gasteiger charge is 2.47. The van der Waals surface area contributed by atoms with Gasteiger partial charge in [0.25, 0.3) is 0 Å². The highest BCUT2D eigenvalue weighted by Crippen LogP contribution is 2.40. The molecule has 3 aromatic rings. The first kappa shape index (κ1) is 26.2. The number of hydrogen-bond donors (Lipinski definition) is 6. The summed E-state index contributed by atoms with van der Waals surface area (Å²) < 4.78 is 12.8. The number of aliphatic hydroxyl groups excluding tert-OH is 3. The average molecular weight is 530 g/mol. The van der Waals surface area contributed by atoms with Crippen LogP contribution in [0.5, 0.6) is 0 Å². The lowest BCUT2D eigenvalue weighted by molar-refractivity contribution is -0.0434. The van der Waals surface area contributed by atoms with Crippen molar-refractivity contribution in [2.45, 2.75) is 70.3 Å². The van der Waals surface area contributed by atoms with Crippen molar-refractivity contribution in [3.8, 4) is 0 Å². The Morgan fingerprint density at radius 2 is 2.03 bits per heavy atom. The average Bonchev–Trinajstić information content (AvgIpc) is 3.71. The number of anilines is 2. The van der Waals surface area contributed by atoms with Crippen molar-refractivity contribution in [2.75, 3.05) is 30.9 Å². The smallest absolute Gasteiger partial charge is 0.226 e. The largest absolute Gasteiger partial charge is 0.390 e. The van der Waals surface area contributed by atoms with Crippen molar-refractivity contribution in [3.05, 3.63) is 35.7 Å². The molecule has 0 amide bonds. The quantitative estimate of drug-likeness (QED) is 0.208. The van der Waals surface area contributed by atoms with Gasteiger partial charge in [0, 0.05) is 44.0 Å². The van der Waals surface area contributed by atoms with Gasteiger partial charge in [0.15, 0.2) is 29.0 Å². The molecule has 38 heavy (non-hydrogen) atoms. The Kier molecular flexibility index (Phi) is 7.65. The second kappa shape index (κ2) is 11.1. The van der Waals surface area contributed by atoms with Crippen LogP contribution in [0.2, 0.25) is 0 Å². The molecule has 2 aliphatic heterocycles. The highest BCUT2D eigenvalue weighted by atomic mass is 16.6. The van der Waals surface area contributed by atoms with Crippen LogP contribution in [0.3, 0.4) is 0 Å². The van der Waals surface area contributed by atoms with E-state index >= 15 is 0 Å². The molecule has 2 aliphatic rings. The first-order valence-electron chi connectivity index (χ1n) is 12.9. The molecule has 3 aromatic heterocycles. The number of aliphatic hydroxyl groups is 3. The van der Waals surface area contributed by atoms with Crippen LogP contribution in [-0.4, -0.2) is 83.4 Å². The molecular formula is C24H35N9O5. The Morgan fingerprint density at radius 3 is 2.71 bits per heavy atom. The van der Waals surface area contributed by atoms with Crippen LogP contribution in [0.4, 0.5) is 11.8 Å². The topological polar surface area (TPSA) is 179 Å². The maximum atomic E-state index is 10.9. The molecule has 0 spiro atoms. The summed E-state index contributed by atoms with van der Waals surface area (Å²) >= 11 is 0. The summed E-state index contributed by atoms with van der Waals surface area (Å²) in [7, 11) is 2.01. The van der Waals surface area contributed by atoms with Crippen molar-refractivity contribution in [3.63, 3.8) is 0 Å². The van der Waals surface area contributed by atoms with E-state index in [0.717, 1.165) is 31.6 Å². The second-order valence-electron chi connectivity index (χ2n) is 9.61. The summed E-state index contributed by atoms with van der Waals surface area (Å²) in [5, 5.41) is 44.8. The fraction of sp³-hybridized carbons (Fsp3) is 0.583. The predicted molar refractivity (Wildman–Crippen MR) is 138 cm³/mol. The number of nitrogens with one attached hydrogen (secondary N) is 3. The lowest BCUT2D eigenvalue weighted by Gasteiger charge is -2.19. The molecule has 0 aliphatic carbocycles. The Bertz CT molecular complexity index is 1270. The zero-order valence-electron chi connectivity index (χ0n) is 21.7. The minimum Gasteiger partial charge on any atom is -0.390 e. The van der Waals surface area contributed by atoms with Crippen molar-refractivity contribution < 1.29 is 24.6 Å². The summed E-state index contributed by atoms with van der Waals surface area (Å²) in [5.74, 6) is 1.20. The fourth-order valence-corrected chi connectivity index (χ4v) is 4.68. The van der Waals surface area contributed by atoms with Gasteiger partial charge >= 0.3 is 0 Å². The maximum Gasteiger partial charge on any atom is 0.226 e. The first-order valence-corrected chi connectivity index (χ1v) is 12.9. The zero-order chi connectivity index (χ0) is 26.8. The van der Waals surface area contributed by atoms with Crippen LogP contribution in [0.1, 0.15) is 56.9 Å². The van der Waals surface area contributed by atoms with E-state index in [-0.39, 0.29) is 18.4 Å². The lowest BCUT2D eigenvalue weighted by atomic mass is 10.1. The molecule has 5 rings (SSSR count). The van der Waals surface area contributed by atoms with Crippen LogP contribution in [-0.2, 0) is 11.3 Å². The molecule has 4 atom stereocenters. The van der Waals surface area contributed by atoms with Crippen molar-refractivity contribution >= 4 is 22.9 Å². The molecule has 0 bridgehead atoms. The van der Waals surface area contributed by atoms with E-state index in [1.165, 1.54) is 12.4 Å². The monoisotopic (exact) mass is 529 g/mol. The molecule has 14 heteroatoms. The van der Waals surface area contributed by atoms with E-state index in [9.17, 15) is 15.3 Å². The van der Waals surface area contributed by atoms with E-state index in [4.69, 9.17) is 19.2 Å². The van der Waals surface area contributed by atoms with Gasteiger partial charge in [0.1, 0.15) is 24.0 Å². The van der Waals surface area contributed by atoms with Gasteiger partial charge in [-0.2, -0.15) is 9.97 Å². The molecule has 5 heterocycles. The normalized spacial score (nSPS) is 23.3. The van der Waals surface area contributed by atoms with E-state index < -0.39 is 24.5 Å². The van der Waals surface area contributed by atoms with Gasteiger partial charge in [0.2, 0.25) is 5.95 Å². The molecule has 0 aromatic carbocycles. The van der Waals surface area contributed by atoms with Crippen LogP contribution in [0.15, 0.2) is 28.8 Å². The summed E-state index contributed by atoms with van der Waals surface area (Å²) in [6.45, 7) is 5.29. The van der Waals surface area contributed by atoms with Crippen molar-refractivity contribution in [1.29, 1.82) is 0 Å². The lowest BCUT2D eigenvalue weighted by Crippen LogP contribution is -2.29. The van der Waals surface area contributed by atoms with Gasteiger partial charge in [-0.1, -0.05) is 19.0 Å². The standard InChI is InChI=1S/C24H35N9O5/c1-4-13(5-2)28-21-17-22(30-24(29-21)25-7-6-14-9-32(3)11-26-14)33(12-27-17)23-19(36)18(35)20(37-23)16-8-15(10-34)31-38-16/h8-9,12-13,18-20,23,26,34-36H,4-7,10-11H2,1-3H3,(H2,25,28,29,30)/t18-,19+,20+,23+/m0/s1. The molecule has 0 saturated carbocycles. The number of aromatic nitrogens is 5. The molecule has 1 fully saturated rings. The van der Waals surface area contributed by atoms with Crippen LogP contribution < -0.4 is 16.0 Å². The van der Waals surface area contributed by atoms with Crippen LogP contribution in [0.25, 0.3) is 11.2 Å². The maximum absolute atomic E-state index is 10.9. The molecule has 6 N–H and O–H groups in total. The number of nitrogens with zero attached hydrogens (tertiary/aromatic N) is 6. The van der Waals surface area contributed by atoms with Crippen LogP contribution in [0, 0.1) is 0 Å². The van der Waals surface area contributed by atoms with Gasteiger partial charge in [0.05, 0.1) is 19.6 Å². The highest BCUT2D eigenvalue weighted by molar-refractivity contribution is 5.84. The minimum absolute atomic E-state index is 0.196. The van der Waals surface area contributed by atoms with E-state index in [1.807, 2.05) is 7.05 Å². The third-order valence-corrected chi connectivity index (χ3v) is 6.89. The first-order chi connectivity index (χ1) is 18.4. The number of rotatable bonds is 11. The van der Waals surface area contributed by atoms with Crippen LogP contribution >= 0.6 is 0 Å². The van der Waals surface area contributed by atoms with Gasteiger partial charge in [-0.3, -0.25) is 4.57 Å². The Labute approximate surface area is 219 Å². The van der Waals surface area contributed by atoms with E-state index in [2.05, 4.69) is 51.0 Å². The van der Waals surface area contributed by atoms with Gasteiger partial charge in [-0.05, 0) is 12.8 Å². The third kappa shape index (κ3) is 5.12. The van der Waals surface area contributed by atoms with E-state index in [1.54, 1.807) is 4.57 Å². The summed E-state index contributed by atoms with van der Waals surface area (Å²) in [5.41, 5.74) is 2.40. The summed E-state index contributed by atoms with van der Waals surface area (Å²) in [4.78, 5) is 16.0. The van der Waals surface area contributed by atoms with Gasteiger partial charge in [-0.15, -0.1) is 0 Å². The molecule has 0 radical (unpaired) electrons. The molecule has 0 unspecified atom stereocenters. The number of hydrogen-bond acceptors (Lipinski definition) is 13.